The second kappa shape index (κ2) is 2.96. The summed E-state index contributed by atoms with van der Waals surface area (Å²) >= 11 is 4.57. The van der Waals surface area contributed by atoms with Gasteiger partial charge in [-0.25, -0.2) is 0 Å². The molecule has 0 unspecified atom stereocenters. The van der Waals surface area contributed by atoms with Gasteiger partial charge in [-0.15, -0.1) is 0 Å². The Morgan fingerprint density at radius 3 is 2.80 bits per heavy atom. The van der Waals surface area contributed by atoms with Gasteiger partial charge in [0, 0.05) is 5.71 Å². The molecule has 0 amide bonds. The van der Waals surface area contributed by atoms with E-state index in [2.05, 4.69) is 29.7 Å². The van der Waals surface area contributed by atoms with Crippen LogP contribution in [0.15, 0.2) is 5.10 Å². The summed E-state index contributed by atoms with van der Waals surface area (Å²) in [5, 5.41) is 4.22. The standard InChI is InChI=1S/C6H11N3S/c1-4-2-5(3-4)8-9-6(7)10/h4H,2-3H2,1H3,(H3,7,9,10). The fourth-order valence-electron chi connectivity index (χ4n) is 0.970. The van der Waals surface area contributed by atoms with Gasteiger partial charge in [0.05, 0.1) is 0 Å². The smallest absolute Gasteiger partial charge is 0.184 e. The number of nitrogens with two attached hydrogens (primary N) is 1. The van der Waals surface area contributed by atoms with Crippen molar-refractivity contribution in [3.8, 4) is 0 Å². The van der Waals surface area contributed by atoms with Gasteiger partial charge in [-0.1, -0.05) is 6.92 Å². The first-order valence-electron chi connectivity index (χ1n) is 3.29. The lowest BCUT2D eigenvalue weighted by Crippen LogP contribution is -2.29. The second-order valence-electron chi connectivity index (χ2n) is 2.67. The SMILES string of the molecule is CC1CC(=NNC(N)=S)C1. The van der Waals surface area contributed by atoms with E-state index in [4.69, 9.17) is 5.73 Å². The third-order valence-electron chi connectivity index (χ3n) is 1.49. The Morgan fingerprint density at radius 2 is 2.40 bits per heavy atom. The average molecular weight is 157 g/mol. The van der Waals surface area contributed by atoms with E-state index in [-0.39, 0.29) is 5.11 Å². The predicted octanol–water partition coefficient (Wildman–Crippen LogP) is 0.605. The Labute approximate surface area is 65.7 Å². The van der Waals surface area contributed by atoms with Crippen LogP contribution in [0.4, 0.5) is 0 Å². The molecule has 10 heavy (non-hydrogen) atoms. The van der Waals surface area contributed by atoms with Gasteiger partial charge in [0.1, 0.15) is 0 Å². The molecule has 1 aliphatic rings. The van der Waals surface area contributed by atoms with Crippen molar-refractivity contribution in [1.82, 2.24) is 5.43 Å². The summed E-state index contributed by atoms with van der Waals surface area (Å²) in [5.74, 6) is 0.784. The molecule has 3 N–H and O–H groups in total. The zero-order chi connectivity index (χ0) is 7.56. The van der Waals surface area contributed by atoms with Crippen molar-refractivity contribution in [3.63, 3.8) is 0 Å². The van der Waals surface area contributed by atoms with E-state index in [1.165, 1.54) is 5.71 Å². The number of rotatable bonds is 1. The molecule has 0 aromatic heterocycles. The van der Waals surface area contributed by atoms with Gasteiger partial charge < -0.3 is 5.73 Å². The van der Waals surface area contributed by atoms with Gasteiger partial charge >= 0.3 is 0 Å². The number of nitrogens with zero attached hydrogens (tertiary/aromatic N) is 1. The van der Waals surface area contributed by atoms with E-state index < -0.39 is 0 Å². The van der Waals surface area contributed by atoms with E-state index >= 15 is 0 Å². The molecule has 56 valence electrons. The quantitative estimate of drug-likeness (QED) is 0.433. The van der Waals surface area contributed by atoms with Crippen molar-refractivity contribution >= 4 is 23.0 Å². The average Bonchev–Trinajstić information content (AvgIpc) is 1.77. The highest BCUT2D eigenvalue weighted by atomic mass is 32.1. The lowest BCUT2D eigenvalue weighted by atomic mass is 9.85. The molecule has 0 spiro atoms. The Hall–Kier alpha value is -0.640. The highest BCUT2D eigenvalue weighted by Gasteiger charge is 2.19. The van der Waals surface area contributed by atoms with Crippen molar-refractivity contribution in [1.29, 1.82) is 0 Å². The Kier molecular flexibility index (Phi) is 2.21. The summed E-state index contributed by atoms with van der Waals surface area (Å²) < 4.78 is 0. The molecule has 1 rings (SSSR count). The zero-order valence-corrected chi connectivity index (χ0v) is 6.74. The Balaban J connectivity index is 2.23. The normalized spacial score (nSPS) is 23.3. The van der Waals surface area contributed by atoms with E-state index in [9.17, 15) is 0 Å². The van der Waals surface area contributed by atoms with Crippen LogP contribution in [-0.4, -0.2) is 10.8 Å². The summed E-state index contributed by atoms with van der Waals surface area (Å²) in [5.41, 5.74) is 8.90. The second-order valence-corrected chi connectivity index (χ2v) is 3.11. The first-order chi connectivity index (χ1) is 4.68. The van der Waals surface area contributed by atoms with Crippen LogP contribution in [0.2, 0.25) is 0 Å². The van der Waals surface area contributed by atoms with Gasteiger partial charge in [-0.2, -0.15) is 5.10 Å². The van der Waals surface area contributed by atoms with Crippen LogP contribution < -0.4 is 11.2 Å². The number of hydrogen-bond acceptors (Lipinski definition) is 2. The third kappa shape index (κ3) is 1.95. The molecular formula is C6H11N3S. The maximum atomic E-state index is 5.17. The fourth-order valence-corrected chi connectivity index (χ4v) is 1.02. The maximum Gasteiger partial charge on any atom is 0.184 e. The third-order valence-corrected chi connectivity index (χ3v) is 1.58. The summed E-state index contributed by atoms with van der Waals surface area (Å²) in [6.45, 7) is 2.19. The molecule has 0 bridgehead atoms. The molecule has 1 aliphatic carbocycles. The summed E-state index contributed by atoms with van der Waals surface area (Å²) in [6, 6.07) is 0. The number of hydrogen-bond donors (Lipinski definition) is 2. The van der Waals surface area contributed by atoms with E-state index in [1.807, 2.05) is 0 Å². The minimum Gasteiger partial charge on any atom is -0.375 e. The topological polar surface area (TPSA) is 50.4 Å². The lowest BCUT2D eigenvalue weighted by molar-refractivity contribution is 0.550. The minimum absolute atomic E-state index is 0.243. The maximum absolute atomic E-state index is 5.17. The molecule has 0 saturated heterocycles. The Morgan fingerprint density at radius 1 is 1.80 bits per heavy atom. The molecule has 3 nitrogen and oxygen atoms in total. The van der Waals surface area contributed by atoms with E-state index in [1.54, 1.807) is 0 Å². The number of thiocarbonyl (C=S) groups is 1. The molecular weight excluding hydrogens is 146 g/mol. The Bertz CT molecular complexity index is 168. The first-order valence-corrected chi connectivity index (χ1v) is 3.70. The van der Waals surface area contributed by atoms with E-state index in [0.29, 0.717) is 0 Å². The van der Waals surface area contributed by atoms with Gasteiger partial charge in [0.15, 0.2) is 5.11 Å². The van der Waals surface area contributed by atoms with Gasteiger partial charge in [0.2, 0.25) is 0 Å². The first kappa shape index (κ1) is 7.47. The van der Waals surface area contributed by atoms with Crippen LogP contribution >= 0.6 is 12.2 Å². The van der Waals surface area contributed by atoms with Crippen LogP contribution in [-0.2, 0) is 0 Å². The van der Waals surface area contributed by atoms with Crippen molar-refractivity contribution in [2.45, 2.75) is 19.8 Å². The van der Waals surface area contributed by atoms with E-state index in [0.717, 1.165) is 18.8 Å². The summed E-state index contributed by atoms with van der Waals surface area (Å²) in [4.78, 5) is 0. The predicted molar refractivity (Wildman–Crippen MR) is 45.8 cm³/mol. The van der Waals surface area contributed by atoms with Gasteiger partial charge in [0.25, 0.3) is 0 Å². The van der Waals surface area contributed by atoms with Crippen LogP contribution in [0, 0.1) is 5.92 Å². The van der Waals surface area contributed by atoms with Crippen molar-refractivity contribution in [2.24, 2.45) is 16.8 Å². The molecule has 4 heteroatoms. The van der Waals surface area contributed by atoms with Crippen molar-refractivity contribution in [3.05, 3.63) is 0 Å². The van der Waals surface area contributed by atoms with Crippen LogP contribution in [0.25, 0.3) is 0 Å². The minimum atomic E-state index is 0.243. The van der Waals surface area contributed by atoms with Gasteiger partial charge in [-0.3, -0.25) is 5.43 Å². The molecule has 0 atom stereocenters. The molecule has 0 heterocycles. The fraction of sp³-hybridized carbons (Fsp3) is 0.667. The molecule has 0 aliphatic heterocycles. The molecule has 0 aromatic rings. The highest BCUT2D eigenvalue weighted by molar-refractivity contribution is 7.80. The van der Waals surface area contributed by atoms with Crippen molar-refractivity contribution in [2.75, 3.05) is 0 Å². The monoisotopic (exact) mass is 157 g/mol. The van der Waals surface area contributed by atoms with Crippen LogP contribution in [0.5, 0.6) is 0 Å². The summed E-state index contributed by atoms with van der Waals surface area (Å²) in [6.07, 6.45) is 2.16. The molecule has 0 radical (unpaired) electrons. The zero-order valence-electron chi connectivity index (χ0n) is 5.92. The molecule has 1 saturated carbocycles. The largest absolute Gasteiger partial charge is 0.375 e. The van der Waals surface area contributed by atoms with Crippen LogP contribution in [0.3, 0.4) is 0 Å². The van der Waals surface area contributed by atoms with Crippen LogP contribution in [0.1, 0.15) is 19.8 Å². The van der Waals surface area contributed by atoms with Gasteiger partial charge in [-0.05, 0) is 31.0 Å². The molecule has 1 fully saturated rings. The number of hydrazone groups is 1. The highest BCUT2D eigenvalue weighted by Crippen LogP contribution is 2.22. The number of nitrogens with one attached hydrogen (secondary N) is 1. The van der Waals surface area contributed by atoms with Crippen molar-refractivity contribution < 1.29 is 0 Å². The molecule has 0 aromatic carbocycles. The summed E-state index contributed by atoms with van der Waals surface area (Å²) in [7, 11) is 0. The lowest BCUT2D eigenvalue weighted by Gasteiger charge is -2.23.